The first-order chi connectivity index (χ1) is 11.7. The number of fused-ring (bicyclic) bond motifs is 2. The van der Waals surface area contributed by atoms with Crippen LogP contribution in [0.25, 0.3) is 10.9 Å². The molecular weight excluding hydrogens is 343 g/mol. The zero-order chi connectivity index (χ0) is 18.4. The van der Waals surface area contributed by atoms with Gasteiger partial charge in [0.2, 0.25) is 0 Å². The molecule has 0 saturated heterocycles. The van der Waals surface area contributed by atoms with Crippen molar-refractivity contribution in [3.63, 3.8) is 0 Å². The van der Waals surface area contributed by atoms with Crippen molar-refractivity contribution in [2.45, 2.75) is 46.1 Å². The third-order valence-corrected chi connectivity index (χ3v) is 4.71. The molecule has 0 fully saturated rings. The molecule has 134 valence electrons. The third-order valence-electron chi connectivity index (χ3n) is 4.40. The molecule has 3 rings (SSSR count). The summed E-state index contributed by atoms with van der Waals surface area (Å²) in [7, 11) is 0. The van der Waals surface area contributed by atoms with Gasteiger partial charge in [0.05, 0.1) is 10.5 Å². The summed E-state index contributed by atoms with van der Waals surface area (Å²) in [5, 5.41) is 0.910. The second kappa shape index (κ2) is 6.45. The van der Waals surface area contributed by atoms with Crippen LogP contribution in [0.3, 0.4) is 0 Å². The number of nitrogens with zero attached hydrogens (tertiary/aromatic N) is 2. The van der Waals surface area contributed by atoms with Crippen molar-refractivity contribution in [3.8, 4) is 0 Å². The van der Waals surface area contributed by atoms with E-state index < -0.39 is 5.60 Å². The standard InChI is InChI=1S/C19H22ClFN2O2/c1-11-12-7-9-23(18(24)25-19(2,3)4)10-8-15(12)22-17-13(20)5-6-14(21)16(11)17/h5-6H,7-10H2,1-4H3. The summed E-state index contributed by atoms with van der Waals surface area (Å²) in [6.45, 7) is 8.48. The molecule has 25 heavy (non-hydrogen) atoms. The molecule has 0 bridgehead atoms. The number of amides is 1. The monoisotopic (exact) mass is 364 g/mol. The average molecular weight is 365 g/mol. The largest absolute Gasteiger partial charge is 0.444 e. The van der Waals surface area contributed by atoms with Gasteiger partial charge in [-0.05, 0) is 57.4 Å². The minimum absolute atomic E-state index is 0.319. The van der Waals surface area contributed by atoms with E-state index in [9.17, 15) is 9.18 Å². The lowest BCUT2D eigenvalue weighted by molar-refractivity contribution is 0.0258. The average Bonchev–Trinajstić information content (AvgIpc) is 2.72. The fraction of sp³-hybridized carbons (Fsp3) is 0.474. The number of halogens is 2. The van der Waals surface area contributed by atoms with Gasteiger partial charge in [-0.25, -0.2) is 9.18 Å². The van der Waals surface area contributed by atoms with Gasteiger partial charge in [-0.15, -0.1) is 0 Å². The van der Waals surface area contributed by atoms with Crippen LogP contribution in [0.4, 0.5) is 9.18 Å². The highest BCUT2D eigenvalue weighted by Crippen LogP contribution is 2.31. The molecule has 2 aromatic rings. The number of aromatic nitrogens is 1. The maximum atomic E-state index is 14.3. The second-order valence-corrected chi connectivity index (χ2v) is 7.79. The third kappa shape index (κ3) is 3.56. The first kappa shape index (κ1) is 17.9. The Bertz CT molecular complexity index is 846. The van der Waals surface area contributed by atoms with Crippen LogP contribution in [0.15, 0.2) is 12.1 Å². The van der Waals surface area contributed by atoms with Gasteiger partial charge in [-0.3, -0.25) is 4.98 Å². The van der Waals surface area contributed by atoms with Crippen LogP contribution in [0.5, 0.6) is 0 Å². The van der Waals surface area contributed by atoms with Crippen LogP contribution < -0.4 is 0 Å². The lowest BCUT2D eigenvalue weighted by Crippen LogP contribution is -2.38. The molecule has 0 atom stereocenters. The highest BCUT2D eigenvalue weighted by atomic mass is 35.5. The summed E-state index contributed by atoms with van der Waals surface area (Å²) in [6.07, 6.45) is 0.889. The lowest BCUT2D eigenvalue weighted by atomic mass is 9.98. The minimum atomic E-state index is -0.532. The van der Waals surface area contributed by atoms with E-state index in [0.29, 0.717) is 41.9 Å². The molecule has 0 spiro atoms. The van der Waals surface area contributed by atoms with Crippen molar-refractivity contribution in [1.29, 1.82) is 0 Å². The van der Waals surface area contributed by atoms with Crippen molar-refractivity contribution >= 4 is 28.6 Å². The quantitative estimate of drug-likeness (QED) is 0.682. The molecule has 1 aliphatic heterocycles. The summed E-state index contributed by atoms with van der Waals surface area (Å²) in [4.78, 5) is 18.7. The number of aryl methyl sites for hydroxylation is 1. The van der Waals surface area contributed by atoms with E-state index in [1.807, 2.05) is 27.7 Å². The van der Waals surface area contributed by atoms with E-state index >= 15 is 0 Å². The van der Waals surface area contributed by atoms with Crippen molar-refractivity contribution in [2.24, 2.45) is 0 Å². The summed E-state index contributed by atoms with van der Waals surface area (Å²) < 4.78 is 19.8. The van der Waals surface area contributed by atoms with Crippen LogP contribution in [-0.4, -0.2) is 34.7 Å². The van der Waals surface area contributed by atoms with E-state index in [1.54, 1.807) is 4.90 Å². The van der Waals surface area contributed by atoms with Gasteiger partial charge < -0.3 is 9.64 Å². The van der Waals surface area contributed by atoms with E-state index in [-0.39, 0.29) is 11.9 Å². The van der Waals surface area contributed by atoms with Gasteiger partial charge in [-0.2, -0.15) is 0 Å². The van der Waals surface area contributed by atoms with Crippen molar-refractivity contribution in [2.75, 3.05) is 13.1 Å². The number of hydrogen-bond acceptors (Lipinski definition) is 3. The van der Waals surface area contributed by atoms with E-state index in [1.165, 1.54) is 12.1 Å². The molecule has 1 aliphatic rings. The van der Waals surface area contributed by atoms with Crippen molar-refractivity contribution in [1.82, 2.24) is 9.88 Å². The van der Waals surface area contributed by atoms with Crippen LogP contribution in [0.2, 0.25) is 5.02 Å². The molecule has 1 amide bonds. The fourth-order valence-electron chi connectivity index (χ4n) is 3.22. The summed E-state index contributed by atoms with van der Waals surface area (Å²) in [5.41, 5.74) is 2.69. The first-order valence-corrected chi connectivity index (χ1v) is 8.79. The molecule has 1 aromatic carbocycles. The molecular formula is C19H22ClFN2O2. The van der Waals surface area contributed by atoms with Crippen LogP contribution >= 0.6 is 11.6 Å². The Morgan fingerprint density at radius 1 is 1.28 bits per heavy atom. The maximum Gasteiger partial charge on any atom is 0.410 e. The van der Waals surface area contributed by atoms with Gasteiger partial charge in [0.15, 0.2) is 0 Å². The first-order valence-electron chi connectivity index (χ1n) is 8.41. The molecule has 0 N–H and O–H groups in total. The van der Waals surface area contributed by atoms with Crippen LogP contribution in [0.1, 0.15) is 37.6 Å². The molecule has 6 heteroatoms. The van der Waals surface area contributed by atoms with Gasteiger partial charge in [0, 0.05) is 30.6 Å². The smallest absolute Gasteiger partial charge is 0.410 e. The predicted octanol–water partition coefficient (Wildman–Crippen LogP) is 4.67. The normalized spacial score (nSPS) is 15.0. The Labute approximate surface area is 151 Å². The lowest BCUT2D eigenvalue weighted by Gasteiger charge is -2.26. The molecule has 1 aromatic heterocycles. The number of pyridine rings is 1. The van der Waals surface area contributed by atoms with Gasteiger partial charge in [-0.1, -0.05) is 11.6 Å². The summed E-state index contributed by atoms with van der Waals surface area (Å²) >= 11 is 6.22. The number of carbonyl (C=O) groups excluding carboxylic acids is 1. The Hall–Kier alpha value is -1.88. The summed E-state index contributed by atoms with van der Waals surface area (Å²) in [5.74, 6) is -0.319. The molecule has 0 radical (unpaired) electrons. The Morgan fingerprint density at radius 3 is 2.64 bits per heavy atom. The molecule has 4 nitrogen and oxygen atoms in total. The zero-order valence-corrected chi connectivity index (χ0v) is 15.7. The SMILES string of the molecule is Cc1c2c(nc3c(Cl)ccc(F)c13)CCN(C(=O)OC(C)(C)C)CC2. The number of carbonyl (C=O) groups is 1. The molecule has 0 unspecified atom stereocenters. The Kier molecular flexibility index (Phi) is 4.62. The van der Waals surface area contributed by atoms with Gasteiger partial charge in [0.1, 0.15) is 11.4 Å². The number of benzene rings is 1. The van der Waals surface area contributed by atoms with Gasteiger partial charge >= 0.3 is 6.09 Å². The maximum absolute atomic E-state index is 14.3. The predicted molar refractivity (Wildman–Crippen MR) is 96.7 cm³/mol. The zero-order valence-electron chi connectivity index (χ0n) is 14.9. The van der Waals surface area contributed by atoms with Crippen molar-refractivity contribution < 1.29 is 13.9 Å². The number of ether oxygens (including phenoxy) is 1. The highest BCUT2D eigenvalue weighted by Gasteiger charge is 2.26. The van der Waals surface area contributed by atoms with Crippen LogP contribution in [-0.2, 0) is 17.6 Å². The van der Waals surface area contributed by atoms with E-state index in [4.69, 9.17) is 16.3 Å². The van der Waals surface area contributed by atoms with E-state index in [0.717, 1.165) is 16.8 Å². The van der Waals surface area contributed by atoms with Gasteiger partial charge in [0.25, 0.3) is 0 Å². The number of rotatable bonds is 0. The Morgan fingerprint density at radius 2 is 1.96 bits per heavy atom. The highest BCUT2D eigenvalue weighted by molar-refractivity contribution is 6.35. The van der Waals surface area contributed by atoms with E-state index in [2.05, 4.69) is 4.98 Å². The number of hydrogen-bond donors (Lipinski definition) is 0. The molecule has 0 aliphatic carbocycles. The topological polar surface area (TPSA) is 42.4 Å². The van der Waals surface area contributed by atoms with Crippen LogP contribution in [0, 0.1) is 12.7 Å². The minimum Gasteiger partial charge on any atom is -0.444 e. The van der Waals surface area contributed by atoms with Crippen molar-refractivity contribution in [3.05, 3.63) is 39.8 Å². The molecule has 0 saturated carbocycles. The second-order valence-electron chi connectivity index (χ2n) is 7.38. The fourth-order valence-corrected chi connectivity index (χ4v) is 3.42. The summed E-state index contributed by atoms with van der Waals surface area (Å²) in [6, 6.07) is 2.90. The molecule has 2 heterocycles. The Balaban J connectivity index is 1.96.